The summed E-state index contributed by atoms with van der Waals surface area (Å²) in [5.74, 6) is 0.285. The Morgan fingerprint density at radius 3 is 2.96 bits per heavy atom. The Morgan fingerprint density at radius 2 is 2.14 bits per heavy atom. The number of aryl methyl sites for hydroxylation is 1. The van der Waals surface area contributed by atoms with Gasteiger partial charge in [0, 0.05) is 29.8 Å². The maximum absolute atomic E-state index is 12.2. The van der Waals surface area contributed by atoms with Gasteiger partial charge in [-0.05, 0) is 54.7 Å². The monoisotopic (exact) mass is 428 g/mol. The molecule has 5 rings (SSSR count). The molecule has 6 heteroatoms. The number of aromatic nitrogens is 1. The zero-order chi connectivity index (χ0) is 19.5. The van der Waals surface area contributed by atoms with E-state index in [1.165, 1.54) is 16.0 Å². The van der Waals surface area contributed by atoms with E-state index in [1.54, 1.807) is 23.1 Å². The molecule has 0 radical (unpaired) electrons. The number of carbonyl (C=O) groups excluding carboxylic acids is 1. The lowest BCUT2D eigenvalue weighted by Crippen LogP contribution is -2.56. The number of likely N-dealkylation sites (tertiary alicyclic amines) is 1. The molecule has 0 bridgehead atoms. The number of hydrogen-bond donors (Lipinski definition) is 0. The number of halogens is 1. The second kappa shape index (κ2) is 6.75. The van der Waals surface area contributed by atoms with Crippen LogP contribution >= 0.6 is 34.7 Å². The lowest BCUT2D eigenvalue weighted by atomic mass is 9.63. The number of hydrogen-bond acceptors (Lipinski definition) is 4. The van der Waals surface area contributed by atoms with Crippen LogP contribution in [0.5, 0.6) is 0 Å². The molecule has 2 heterocycles. The van der Waals surface area contributed by atoms with Gasteiger partial charge in [0.2, 0.25) is 5.91 Å². The fraction of sp³-hybridized carbons (Fsp3) is 0.364. The van der Waals surface area contributed by atoms with Crippen molar-refractivity contribution in [2.45, 2.75) is 53.3 Å². The smallest absolute Gasteiger partial charge is 0.222 e. The lowest BCUT2D eigenvalue weighted by Gasteiger charge is -2.50. The van der Waals surface area contributed by atoms with Crippen LogP contribution < -0.4 is 0 Å². The zero-order valence-electron chi connectivity index (χ0n) is 15.9. The van der Waals surface area contributed by atoms with Gasteiger partial charge >= 0.3 is 0 Å². The van der Waals surface area contributed by atoms with Crippen LogP contribution in [0.15, 0.2) is 45.6 Å². The van der Waals surface area contributed by atoms with Crippen LogP contribution in [0.25, 0.3) is 10.2 Å². The molecular weight excluding hydrogens is 408 g/mol. The summed E-state index contributed by atoms with van der Waals surface area (Å²) >= 11 is 9.66. The Balaban J connectivity index is 1.46. The molecule has 2 atom stereocenters. The van der Waals surface area contributed by atoms with Crippen molar-refractivity contribution in [3.05, 3.63) is 52.5 Å². The van der Waals surface area contributed by atoms with Gasteiger partial charge in [-0.25, -0.2) is 4.98 Å². The van der Waals surface area contributed by atoms with Crippen LogP contribution in [0, 0.1) is 0 Å². The average molecular weight is 429 g/mol. The van der Waals surface area contributed by atoms with Gasteiger partial charge in [-0.15, -0.1) is 11.3 Å². The van der Waals surface area contributed by atoms with Crippen LogP contribution in [0.3, 0.4) is 0 Å². The molecule has 1 fully saturated rings. The lowest BCUT2D eigenvalue weighted by molar-refractivity contribution is -0.138. The maximum atomic E-state index is 12.2. The van der Waals surface area contributed by atoms with Gasteiger partial charge in [0.1, 0.15) is 0 Å². The van der Waals surface area contributed by atoms with Crippen LogP contribution in [0.4, 0.5) is 0 Å². The Labute approximate surface area is 178 Å². The summed E-state index contributed by atoms with van der Waals surface area (Å²) in [6, 6.07) is 13.0. The third-order valence-electron chi connectivity index (χ3n) is 6.39. The summed E-state index contributed by atoms with van der Waals surface area (Å²) in [5, 5.41) is 0.766. The van der Waals surface area contributed by atoms with E-state index in [9.17, 15) is 4.79 Å². The standard InChI is InChI=1S/C22H21ClN2OS2/c1-22-11-10-19(26)25(2)18(22)9-6-13-12-14(7-8-15(13)22)27-21-24-17-5-3-4-16(23)20(17)28-21/h3-5,7-8,12,18H,6,9-11H2,1-2H3/t18-,22-/m1/s1. The molecule has 1 amide bonds. The predicted molar refractivity (Wildman–Crippen MR) is 117 cm³/mol. The third kappa shape index (κ3) is 2.87. The highest BCUT2D eigenvalue weighted by Gasteiger charge is 2.46. The van der Waals surface area contributed by atoms with Crippen molar-refractivity contribution in [1.82, 2.24) is 9.88 Å². The normalized spacial score (nSPS) is 24.3. The van der Waals surface area contributed by atoms with Crippen molar-refractivity contribution in [2.75, 3.05) is 7.05 Å². The van der Waals surface area contributed by atoms with Crippen LogP contribution in [0.2, 0.25) is 5.02 Å². The summed E-state index contributed by atoms with van der Waals surface area (Å²) in [5.41, 5.74) is 3.86. The number of carbonyl (C=O) groups is 1. The molecule has 2 aliphatic rings. The number of piperidine rings is 1. The first kappa shape index (κ1) is 18.5. The van der Waals surface area contributed by atoms with Gasteiger partial charge in [0.25, 0.3) is 0 Å². The van der Waals surface area contributed by atoms with E-state index in [0.717, 1.165) is 38.8 Å². The number of fused-ring (bicyclic) bond motifs is 4. The number of amides is 1. The highest BCUT2D eigenvalue weighted by atomic mass is 35.5. The number of benzene rings is 2. The molecule has 1 aliphatic heterocycles. The van der Waals surface area contributed by atoms with E-state index in [-0.39, 0.29) is 11.3 Å². The van der Waals surface area contributed by atoms with E-state index in [2.05, 4.69) is 25.1 Å². The van der Waals surface area contributed by atoms with Crippen molar-refractivity contribution in [1.29, 1.82) is 0 Å². The first-order chi connectivity index (χ1) is 13.5. The van der Waals surface area contributed by atoms with E-state index in [4.69, 9.17) is 16.6 Å². The molecule has 1 aliphatic carbocycles. The van der Waals surface area contributed by atoms with E-state index >= 15 is 0 Å². The fourth-order valence-electron chi connectivity index (χ4n) is 4.87. The average Bonchev–Trinajstić information content (AvgIpc) is 3.09. The van der Waals surface area contributed by atoms with E-state index in [1.807, 2.05) is 30.1 Å². The SMILES string of the molecule is CN1C(=O)CC[C@]2(C)c3ccc(Sc4nc5cccc(Cl)c5s4)cc3CC[C@@H]12. The minimum atomic E-state index is 0.0584. The quantitative estimate of drug-likeness (QED) is 0.507. The molecule has 0 unspecified atom stereocenters. The second-order valence-corrected chi connectivity index (χ2v) is 10.7. The molecule has 3 aromatic rings. The van der Waals surface area contributed by atoms with Gasteiger partial charge in [-0.3, -0.25) is 4.79 Å². The van der Waals surface area contributed by atoms with Crippen molar-refractivity contribution >= 4 is 50.8 Å². The van der Waals surface area contributed by atoms with Crippen LogP contribution in [-0.4, -0.2) is 28.9 Å². The van der Waals surface area contributed by atoms with E-state index < -0.39 is 0 Å². The number of likely N-dealkylation sites (N-methyl/N-ethyl adjacent to an activating group) is 1. The van der Waals surface area contributed by atoms with Crippen molar-refractivity contribution < 1.29 is 4.79 Å². The van der Waals surface area contributed by atoms with Gasteiger partial charge in [-0.2, -0.15) is 0 Å². The molecule has 144 valence electrons. The highest BCUT2D eigenvalue weighted by molar-refractivity contribution is 8.01. The fourth-order valence-corrected chi connectivity index (χ4v) is 7.24. The third-order valence-corrected chi connectivity index (χ3v) is 8.97. The first-order valence-electron chi connectivity index (χ1n) is 9.58. The Hall–Kier alpha value is -1.56. The number of thiazole rings is 1. The maximum Gasteiger partial charge on any atom is 0.222 e. The molecule has 2 aromatic carbocycles. The van der Waals surface area contributed by atoms with E-state index in [0.29, 0.717) is 12.5 Å². The molecule has 28 heavy (non-hydrogen) atoms. The minimum Gasteiger partial charge on any atom is -0.342 e. The van der Waals surface area contributed by atoms with Crippen LogP contribution in [0.1, 0.15) is 37.3 Å². The summed E-state index contributed by atoms with van der Waals surface area (Å²) in [7, 11) is 1.97. The second-order valence-electron chi connectivity index (χ2n) is 7.97. The Morgan fingerprint density at radius 1 is 1.29 bits per heavy atom. The molecule has 0 N–H and O–H groups in total. The van der Waals surface area contributed by atoms with Gasteiger partial charge < -0.3 is 4.90 Å². The molecule has 3 nitrogen and oxygen atoms in total. The first-order valence-corrected chi connectivity index (χ1v) is 11.6. The summed E-state index contributed by atoms with van der Waals surface area (Å²) < 4.78 is 2.07. The minimum absolute atomic E-state index is 0.0584. The zero-order valence-corrected chi connectivity index (χ0v) is 18.3. The largest absolute Gasteiger partial charge is 0.342 e. The molecule has 1 saturated heterocycles. The number of rotatable bonds is 2. The molecular formula is C22H21ClN2OS2. The van der Waals surface area contributed by atoms with Gasteiger partial charge in [-0.1, -0.05) is 42.4 Å². The topological polar surface area (TPSA) is 33.2 Å². The Kier molecular flexibility index (Phi) is 4.45. The van der Waals surface area contributed by atoms with Crippen molar-refractivity contribution in [3.8, 4) is 0 Å². The highest BCUT2D eigenvalue weighted by Crippen LogP contribution is 2.47. The molecule has 0 saturated carbocycles. The summed E-state index contributed by atoms with van der Waals surface area (Å²) in [4.78, 5) is 20.1. The van der Waals surface area contributed by atoms with Crippen LogP contribution in [-0.2, 0) is 16.6 Å². The van der Waals surface area contributed by atoms with Crippen molar-refractivity contribution in [3.63, 3.8) is 0 Å². The molecule has 0 spiro atoms. The Bertz CT molecular complexity index is 1100. The van der Waals surface area contributed by atoms with Crippen molar-refractivity contribution in [2.24, 2.45) is 0 Å². The predicted octanol–water partition coefficient (Wildman–Crippen LogP) is 5.93. The van der Waals surface area contributed by atoms with Gasteiger partial charge in [0.05, 0.1) is 15.2 Å². The molecule has 1 aromatic heterocycles. The van der Waals surface area contributed by atoms with Gasteiger partial charge in [0.15, 0.2) is 4.34 Å². The number of nitrogens with zero attached hydrogens (tertiary/aromatic N) is 2. The summed E-state index contributed by atoms with van der Waals surface area (Å²) in [6.07, 6.45) is 3.65. The summed E-state index contributed by atoms with van der Waals surface area (Å²) in [6.45, 7) is 2.33.